The molecule has 4 aromatic heterocycles. The van der Waals surface area contributed by atoms with Crippen LogP contribution in [0.15, 0.2) is 442 Å². The molecular weight excluding hydrogens is 1530 g/mol. The monoisotopic (exact) mass is 1620 g/mol. The number of rotatable bonds is 13. The summed E-state index contributed by atoms with van der Waals surface area (Å²) in [5, 5.41) is 16.8. The van der Waals surface area contributed by atoms with Gasteiger partial charge >= 0.3 is 0 Å². The second kappa shape index (κ2) is 45.6. The summed E-state index contributed by atoms with van der Waals surface area (Å²) < 4.78 is 1.08. The van der Waals surface area contributed by atoms with Gasteiger partial charge in [0.05, 0.1) is 11.4 Å². The molecule has 0 fully saturated rings. The van der Waals surface area contributed by atoms with Crippen molar-refractivity contribution in [3.8, 4) is 11.3 Å². The predicted octanol–water partition coefficient (Wildman–Crippen LogP) is 20.4. The predicted molar refractivity (Wildman–Crippen MR) is 468 cm³/mol. The van der Waals surface area contributed by atoms with Gasteiger partial charge in [-0.25, -0.2) is 0 Å². The molecule has 0 aliphatic rings. The maximum Gasteiger partial charge on any atom is 0.0720 e. The summed E-state index contributed by atoms with van der Waals surface area (Å²) in [5.41, 5.74) is 7.35. The van der Waals surface area contributed by atoms with Crippen molar-refractivity contribution >= 4 is 111 Å². The van der Waals surface area contributed by atoms with Crippen LogP contribution >= 0.6 is 47.6 Å². The van der Waals surface area contributed by atoms with Crippen LogP contribution in [0.3, 0.4) is 0 Å². The van der Waals surface area contributed by atoms with Gasteiger partial charge in [0.1, 0.15) is 0 Å². The molecule has 107 heavy (non-hydrogen) atoms. The van der Waals surface area contributed by atoms with Crippen LogP contribution in [-0.2, 0) is 20.4 Å². The first-order chi connectivity index (χ1) is 52.2. The van der Waals surface area contributed by atoms with Crippen molar-refractivity contribution in [2.24, 2.45) is 0 Å². The molecule has 12 aromatic carbocycles. The Morgan fingerprint density at radius 1 is 0.196 bits per heavy atom. The normalized spacial score (nSPS) is 10.2. The number of hydrogen-bond donors (Lipinski definition) is 0. The Morgan fingerprint density at radius 2 is 0.402 bits per heavy atom. The number of nitrogens with zero attached hydrogens (tertiary/aromatic N) is 4. The number of aromatic nitrogens is 4. The van der Waals surface area contributed by atoms with Gasteiger partial charge in [0.25, 0.3) is 0 Å². The van der Waals surface area contributed by atoms with Crippen molar-refractivity contribution in [1.82, 2.24) is 19.9 Å². The molecule has 0 saturated carbocycles. The smallest absolute Gasteiger partial charge is 0.0720 e. The second-order valence-electron chi connectivity index (χ2n) is 24.2. The summed E-state index contributed by atoms with van der Waals surface area (Å²) in [6, 6.07) is 149. The van der Waals surface area contributed by atoms with Crippen molar-refractivity contribution < 1.29 is 20.4 Å². The van der Waals surface area contributed by atoms with Gasteiger partial charge in [-0.1, -0.05) is 376 Å². The summed E-state index contributed by atoms with van der Waals surface area (Å²) in [4.78, 5) is 16.9. The Hall–Kier alpha value is -9.90. The summed E-state index contributed by atoms with van der Waals surface area (Å²) in [6.45, 7) is 9.95. The molecule has 16 aromatic rings. The summed E-state index contributed by atoms with van der Waals surface area (Å²) in [5.74, 6) is 0. The second-order valence-corrected chi connectivity index (χ2v) is 33.9. The molecule has 0 bridgehead atoms. The maximum atomic E-state index is 4.41. The van der Waals surface area contributed by atoms with Gasteiger partial charge in [0.15, 0.2) is 0 Å². The average molecular weight is 1620 g/mol. The van der Waals surface area contributed by atoms with Crippen LogP contribution in [0.4, 0.5) is 0 Å². The Labute approximate surface area is 662 Å². The van der Waals surface area contributed by atoms with Crippen LogP contribution in [0.1, 0.15) is 28.5 Å². The average Bonchev–Trinajstić information content (AvgIpc) is 0.834. The molecule has 0 amide bonds. The summed E-state index contributed by atoms with van der Waals surface area (Å²) >= 11 is 3.37. The Bertz CT molecular complexity index is 4180. The molecular formula is C97H87BrN4P4Pd. The van der Waals surface area contributed by atoms with Crippen LogP contribution < -0.4 is 63.7 Å². The van der Waals surface area contributed by atoms with Crippen LogP contribution in [-0.4, -0.2) is 19.9 Å². The first kappa shape index (κ1) is 81.2. The van der Waals surface area contributed by atoms with E-state index in [2.05, 4.69) is 406 Å². The van der Waals surface area contributed by atoms with Gasteiger partial charge in [0.2, 0.25) is 0 Å². The minimum absolute atomic E-state index is 0. The van der Waals surface area contributed by atoms with Crippen molar-refractivity contribution in [2.45, 2.75) is 34.6 Å². The molecule has 0 spiro atoms. The fourth-order valence-electron chi connectivity index (χ4n) is 11.3. The van der Waals surface area contributed by atoms with Crippen molar-refractivity contribution in [3.05, 3.63) is 470 Å². The zero-order valence-corrected chi connectivity index (χ0v) is 67.6. The SMILES string of the molecule is Cc1ccc(-c2ccccn2)c(C)n1.Cc1ccc(Br)c(C)n1.Cc1ccccn1.[Pd].c1ccc(P(c2ccccc2)c2ccccc2)cc1.c1ccc(P(c2ccccc2)c2ccccc2)cc1.c1ccc(P(c2ccccc2)c2ccccc2)cc1.c1ccc(P(c2ccccc2)c2ccccc2)cc1. The third-order valence-corrected chi connectivity index (χ3v) is 26.9. The molecule has 4 nitrogen and oxygen atoms in total. The molecule has 0 atom stereocenters. The van der Waals surface area contributed by atoms with E-state index in [1.165, 1.54) is 63.7 Å². The molecule has 0 radical (unpaired) electrons. The zero-order valence-electron chi connectivity index (χ0n) is 60.8. The van der Waals surface area contributed by atoms with E-state index in [0.717, 1.165) is 44.2 Å². The number of benzene rings is 12. The third kappa shape index (κ3) is 26.2. The van der Waals surface area contributed by atoms with Crippen molar-refractivity contribution in [2.75, 3.05) is 0 Å². The van der Waals surface area contributed by atoms with E-state index in [-0.39, 0.29) is 20.4 Å². The molecule has 4 heterocycles. The standard InChI is InChI=1S/4C18H15P.C12H12N2.C7H8BrN.C6H7N.Pd/c4*1-4-10-16(11-5-1)19(17-12-6-2-7-13-17)18-14-8-3-9-15-18;1-9-6-7-11(10(2)14-9)12-5-3-4-8-13-12;1-5-3-4-7(8)6(2)9-5;1-6-4-2-3-5-7-6;/h4*1-15H;3-8H,1-2H3;3-4H,1-2H3;2-5H,1H3;. The van der Waals surface area contributed by atoms with Gasteiger partial charge in [-0.05, 0) is 194 Å². The third-order valence-electron chi connectivity index (χ3n) is 16.3. The van der Waals surface area contributed by atoms with Gasteiger partial charge in [-0.15, -0.1) is 0 Å². The molecule has 10 heteroatoms. The minimum Gasteiger partial charge on any atom is -0.262 e. The van der Waals surface area contributed by atoms with Gasteiger partial charge in [-0.2, -0.15) is 0 Å². The molecule has 0 N–H and O–H groups in total. The quantitative estimate of drug-likeness (QED) is 0.0853. The molecule has 0 aliphatic carbocycles. The largest absolute Gasteiger partial charge is 0.262 e. The molecule has 532 valence electrons. The number of pyridine rings is 4. The fourth-order valence-corrected chi connectivity index (χ4v) is 20.8. The van der Waals surface area contributed by atoms with E-state index in [9.17, 15) is 0 Å². The zero-order chi connectivity index (χ0) is 73.6. The van der Waals surface area contributed by atoms with Crippen LogP contribution in [0.5, 0.6) is 0 Å². The number of hydrogen-bond acceptors (Lipinski definition) is 4. The topological polar surface area (TPSA) is 51.6 Å². The van der Waals surface area contributed by atoms with Gasteiger partial charge in [0, 0.05) is 65.6 Å². The fraction of sp³-hybridized carbons (Fsp3) is 0.0515. The number of halogens is 1. The first-order valence-corrected chi connectivity index (χ1v) is 41.5. The van der Waals surface area contributed by atoms with E-state index in [1.807, 2.05) is 89.2 Å². The molecule has 16 rings (SSSR count). The number of aryl methyl sites for hydroxylation is 5. The Kier molecular flexibility index (Phi) is 34.6. The van der Waals surface area contributed by atoms with E-state index in [0.29, 0.717) is 0 Å². The van der Waals surface area contributed by atoms with Gasteiger partial charge < -0.3 is 0 Å². The minimum atomic E-state index is -0.446. The van der Waals surface area contributed by atoms with Crippen LogP contribution in [0.25, 0.3) is 11.3 Å². The van der Waals surface area contributed by atoms with Crippen LogP contribution in [0.2, 0.25) is 0 Å². The van der Waals surface area contributed by atoms with Crippen molar-refractivity contribution in [1.29, 1.82) is 0 Å². The molecule has 0 saturated heterocycles. The maximum absolute atomic E-state index is 4.41. The van der Waals surface area contributed by atoms with E-state index >= 15 is 0 Å². The van der Waals surface area contributed by atoms with Crippen molar-refractivity contribution in [3.63, 3.8) is 0 Å². The Balaban J connectivity index is 0.000000147. The van der Waals surface area contributed by atoms with E-state index in [1.54, 1.807) is 12.4 Å². The summed E-state index contributed by atoms with van der Waals surface area (Å²) in [6.07, 6.45) is 3.59. The molecule has 0 unspecified atom stereocenters. The molecule has 0 aliphatic heterocycles. The van der Waals surface area contributed by atoms with Gasteiger partial charge in [-0.3, -0.25) is 19.9 Å². The Morgan fingerprint density at radius 3 is 0.570 bits per heavy atom. The van der Waals surface area contributed by atoms with E-state index in [4.69, 9.17) is 0 Å². The van der Waals surface area contributed by atoms with E-state index < -0.39 is 31.7 Å². The summed E-state index contributed by atoms with van der Waals surface area (Å²) in [7, 11) is -1.78. The van der Waals surface area contributed by atoms with Crippen LogP contribution in [0, 0.1) is 34.6 Å². The first-order valence-electron chi connectivity index (χ1n) is 35.3.